The number of allylic oxidation sites excluding steroid dienone is 1. The van der Waals surface area contributed by atoms with E-state index in [1.54, 1.807) is 0 Å². The highest BCUT2D eigenvalue weighted by atomic mass is 16.3. The van der Waals surface area contributed by atoms with Crippen LogP contribution in [0.5, 0.6) is 0 Å². The molecule has 3 aliphatic carbocycles. The van der Waals surface area contributed by atoms with Gasteiger partial charge in [-0.05, 0) is 60.7 Å². The second-order valence-corrected chi connectivity index (χ2v) is 9.83. The number of fused-ring (bicyclic) bond motifs is 3. The van der Waals surface area contributed by atoms with Crippen molar-refractivity contribution in [3.05, 3.63) is 12.7 Å². The molecule has 0 aromatic heterocycles. The van der Waals surface area contributed by atoms with Crippen LogP contribution in [-0.4, -0.2) is 21.9 Å². The molecule has 0 spiro atoms. The third kappa shape index (κ3) is 2.21. The van der Waals surface area contributed by atoms with Gasteiger partial charge in [0, 0.05) is 5.92 Å². The van der Waals surface area contributed by atoms with Crippen molar-refractivity contribution in [3.63, 3.8) is 0 Å². The van der Waals surface area contributed by atoms with Gasteiger partial charge < -0.3 is 10.2 Å². The van der Waals surface area contributed by atoms with E-state index in [-0.39, 0.29) is 16.7 Å². The molecule has 0 radical (unpaired) electrons. The molecule has 2 nitrogen and oxygen atoms in total. The summed E-state index contributed by atoms with van der Waals surface area (Å²) in [5, 5.41) is 22.5. The van der Waals surface area contributed by atoms with Gasteiger partial charge in [-0.2, -0.15) is 0 Å². The molecule has 126 valence electrons. The number of hydrogen-bond acceptors (Lipinski definition) is 2. The SMILES string of the molecule is C=C[C@]1(C)CC(O)[C@H]2[C@@](O)(CC[C@H]3C(C)(C)CCC[C@@]32C)C1. The Morgan fingerprint density at radius 1 is 1.09 bits per heavy atom. The molecule has 3 fully saturated rings. The van der Waals surface area contributed by atoms with E-state index in [4.69, 9.17) is 0 Å². The number of rotatable bonds is 1. The van der Waals surface area contributed by atoms with Crippen LogP contribution in [0.1, 0.15) is 72.6 Å². The number of aliphatic hydroxyl groups excluding tert-OH is 1. The molecule has 0 bridgehead atoms. The lowest BCUT2D eigenvalue weighted by molar-refractivity contribution is -0.237. The molecule has 1 unspecified atom stereocenters. The van der Waals surface area contributed by atoms with E-state index >= 15 is 0 Å². The highest BCUT2D eigenvalue weighted by Gasteiger charge is 2.64. The summed E-state index contributed by atoms with van der Waals surface area (Å²) < 4.78 is 0. The first kappa shape index (κ1) is 16.5. The molecule has 22 heavy (non-hydrogen) atoms. The molecule has 0 aromatic carbocycles. The van der Waals surface area contributed by atoms with E-state index in [1.165, 1.54) is 12.8 Å². The maximum atomic E-state index is 11.5. The van der Waals surface area contributed by atoms with Crippen molar-refractivity contribution >= 4 is 0 Å². The molecular weight excluding hydrogens is 272 g/mol. The van der Waals surface area contributed by atoms with E-state index in [9.17, 15) is 10.2 Å². The molecule has 0 saturated heterocycles. The van der Waals surface area contributed by atoms with E-state index in [0.717, 1.165) is 32.1 Å². The Kier molecular flexibility index (Phi) is 3.63. The zero-order valence-corrected chi connectivity index (χ0v) is 14.9. The van der Waals surface area contributed by atoms with Crippen LogP contribution < -0.4 is 0 Å². The predicted octanol–water partition coefficient (Wildman–Crippen LogP) is 4.31. The van der Waals surface area contributed by atoms with Gasteiger partial charge in [-0.3, -0.25) is 0 Å². The quantitative estimate of drug-likeness (QED) is 0.709. The van der Waals surface area contributed by atoms with E-state index in [0.29, 0.717) is 11.3 Å². The Labute approximate surface area is 136 Å². The average Bonchev–Trinajstić information content (AvgIpc) is 2.35. The minimum Gasteiger partial charge on any atom is -0.393 e. The molecule has 3 rings (SSSR count). The maximum absolute atomic E-state index is 11.5. The fourth-order valence-corrected chi connectivity index (χ4v) is 6.94. The summed E-state index contributed by atoms with van der Waals surface area (Å²) in [7, 11) is 0. The summed E-state index contributed by atoms with van der Waals surface area (Å²) in [6.07, 6.45) is 8.61. The summed E-state index contributed by atoms with van der Waals surface area (Å²) in [5.74, 6) is 0.633. The summed E-state index contributed by atoms with van der Waals surface area (Å²) in [6.45, 7) is 13.2. The van der Waals surface area contributed by atoms with Crippen molar-refractivity contribution in [1.29, 1.82) is 0 Å². The standard InChI is InChI=1S/C20H34O2/c1-6-18(4)12-14(21)16-19(5)10-7-9-17(2,3)15(19)8-11-20(16,22)13-18/h6,14-16,21-22H,1,7-13H2,2-5H3/t14?,15-,16+,18+,19-,20+/m0/s1. The van der Waals surface area contributed by atoms with Crippen LogP contribution in [0.4, 0.5) is 0 Å². The smallest absolute Gasteiger partial charge is 0.0714 e. The highest BCUT2D eigenvalue weighted by molar-refractivity contribution is 5.16. The summed E-state index contributed by atoms with van der Waals surface area (Å²) in [4.78, 5) is 0. The van der Waals surface area contributed by atoms with Crippen molar-refractivity contribution in [1.82, 2.24) is 0 Å². The van der Waals surface area contributed by atoms with Crippen LogP contribution in [-0.2, 0) is 0 Å². The monoisotopic (exact) mass is 306 g/mol. The van der Waals surface area contributed by atoms with E-state index < -0.39 is 11.7 Å². The molecule has 3 aliphatic rings. The lowest BCUT2D eigenvalue weighted by Gasteiger charge is -2.65. The van der Waals surface area contributed by atoms with Crippen LogP contribution in [0.2, 0.25) is 0 Å². The largest absolute Gasteiger partial charge is 0.393 e. The lowest BCUT2D eigenvalue weighted by Crippen LogP contribution is -2.65. The first-order valence-corrected chi connectivity index (χ1v) is 9.10. The molecule has 3 saturated carbocycles. The first-order chi connectivity index (χ1) is 10.1. The predicted molar refractivity (Wildman–Crippen MR) is 90.4 cm³/mol. The van der Waals surface area contributed by atoms with Crippen LogP contribution >= 0.6 is 0 Å². The molecular formula is C20H34O2. The third-order valence-electron chi connectivity index (χ3n) is 7.69. The zero-order chi connectivity index (χ0) is 16.4. The fourth-order valence-electron chi connectivity index (χ4n) is 6.94. The van der Waals surface area contributed by atoms with Crippen LogP contribution in [0, 0.1) is 28.1 Å². The molecule has 6 atom stereocenters. The Morgan fingerprint density at radius 3 is 2.41 bits per heavy atom. The van der Waals surface area contributed by atoms with Crippen LogP contribution in [0.25, 0.3) is 0 Å². The number of aliphatic hydroxyl groups is 2. The first-order valence-electron chi connectivity index (χ1n) is 9.10. The van der Waals surface area contributed by atoms with Crippen molar-refractivity contribution < 1.29 is 10.2 Å². The molecule has 2 N–H and O–H groups in total. The van der Waals surface area contributed by atoms with E-state index in [1.807, 2.05) is 6.08 Å². The van der Waals surface area contributed by atoms with Gasteiger partial charge in [-0.1, -0.05) is 40.2 Å². The van der Waals surface area contributed by atoms with Crippen molar-refractivity contribution in [2.24, 2.45) is 28.1 Å². The number of hydrogen-bond donors (Lipinski definition) is 2. The molecule has 0 heterocycles. The van der Waals surface area contributed by atoms with E-state index in [2.05, 4.69) is 34.3 Å². The van der Waals surface area contributed by atoms with Gasteiger partial charge in [0.15, 0.2) is 0 Å². The molecule has 0 amide bonds. The van der Waals surface area contributed by atoms with Gasteiger partial charge in [0.25, 0.3) is 0 Å². The Balaban J connectivity index is 2.01. The Hall–Kier alpha value is -0.340. The van der Waals surface area contributed by atoms with Crippen LogP contribution in [0.3, 0.4) is 0 Å². The van der Waals surface area contributed by atoms with Crippen molar-refractivity contribution in [2.75, 3.05) is 0 Å². The Bertz CT molecular complexity index is 470. The second-order valence-electron chi connectivity index (χ2n) is 9.83. The minimum absolute atomic E-state index is 0.0198. The summed E-state index contributed by atoms with van der Waals surface area (Å²) in [6, 6.07) is 0. The maximum Gasteiger partial charge on any atom is 0.0714 e. The van der Waals surface area contributed by atoms with Gasteiger partial charge in [-0.15, -0.1) is 6.58 Å². The Morgan fingerprint density at radius 2 is 1.77 bits per heavy atom. The normalized spacial score (nSPS) is 54.2. The second kappa shape index (κ2) is 4.83. The van der Waals surface area contributed by atoms with Gasteiger partial charge >= 0.3 is 0 Å². The summed E-state index contributed by atoms with van der Waals surface area (Å²) >= 11 is 0. The lowest BCUT2D eigenvalue weighted by atomic mass is 9.41. The highest BCUT2D eigenvalue weighted by Crippen LogP contribution is 2.66. The van der Waals surface area contributed by atoms with Gasteiger partial charge in [0.2, 0.25) is 0 Å². The minimum atomic E-state index is -0.723. The molecule has 2 heteroatoms. The zero-order valence-electron chi connectivity index (χ0n) is 14.9. The van der Waals surface area contributed by atoms with Gasteiger partial charge in [0.05, 0.1) is 11.7 Å². The average molecular weight is 306 g/mol. The van der Waals surface area contributed by atoms with Gasteiger partial charge in [0.1, 0.15) is 0 Å². The molecule has 0 aliphatic heterocycles. The fraction of sp³-hybridized carbons (Fsp3) is 0.900. The third-order valence-corrected chi connectivity index (χ3v) is 7.69. The van der Waals surface area contributed by atoms with Gasteiger partial charge in [-0.25, -0.2) is 0 Å². The summed E-state index contributed by atoms with van der Waals surface area (Å²) in [5.41, 5.74) is -0.471. The topological polar surface area (TPSA) is 40.5 Å². The van der Waals surface area contributed by atoms with Crippen LogP contribution in [0.15, 0.2) is 12.7 Å². The molecule has 0 aromatic rings. The van der Waals surface area contributed by atoms with Crippen molar-refractivity contribution in [2.45, 2.75) is 84.3 Å². The van der Waals surface area contributed by atoms with Crippen molar-refractivity contribution in [3.8, 4) is 0 Å².